The molecule has 1 aromatic rings. The number of halogens is 1. The molecule has 1 aromatic carbocycles. The molecular weight excluding hydrogens is 292 g/mol. The Morgan fingerprint density at radius 3 is 3.00 bits per heavy atom. The van der Waals surface area contributed by atoms with Gasteiger partial charge in [-0.1, -0.05) is 6.07 Å². The third kappa shape index (κ3) is 1.93. The molecule has 0 radical (unpaired) electrons. The smallest absolute Gasteiger partial charge is 0.182 e. The van der Waals surface area contributed by atoms with Crippen molar-refractivity contribution in [3.63, 3.8) is 0 Å². The lowest BCUT2D eigenvalue weighted by molar-refractivity contribution is 0.586. The maximum absolute atomic E-state index is 11.9. The molecule has 0 aliphatic carbocycles. The van der Waals surface area contributed by atoms with Crippen LogP contribution in [0.25, 0.3) is 0 Å². The SMILES string of the molecule is N#CCC1CS(=O)(=O)c2cccc(Br)c2N1. The van der Waals surface area contributed by atoms with E-state index in [-0.39, 0.29) is 18.2 Å². The monoisotopic (exact) mass is 300 g/mol. The molecule has 0 bridgehead atoms. The van der Waals surface area contributed by atoms with Gasteiger partial charge in [-0.3, -0.25) is 0 Å². The molecule has 6 heteroatoms. The molecule has 0 saturated heterocycles. The molecule has 16 heavy (non-hydrogen) atoms. The zero-order valence-electron chi connectivity index (χ0n) is 8.27. The molecule has 0 saturated carbocycles. The standard InChI is InChI=1S/C10H9BrN2O2S/c11-8-2-1-3-9-10(8)13-7(4-5-12)6-16(9,14)15/h1-3,7,13H,4,6H2. The van der Waals surface area contributed by atoms with Gasteiger partial charge in [-0.25, -0.2) is 8.42 Å². The summed E-state index contributed by atoms with van der Waals surface area (Å²) < 4.78 is 24.6. The minimum atomic E-state index is -3.28. The first-order valence-electron chi connectivity index (χ1n) is 4.69. The number of benzene rings is 1. The van der Waals surface area contributed by atoms with Crippen LogP contribution < -0.4 is 5.32 Å². The highest BCUT2D eigenvalue weighted by atomic mass is 79.9. The molecule has 1 aliphatic rings. The van der Waals surface area contributed by atoms with Gasteiger partial charge in [0.05, 0.1) is 34.9 Å². The Labute approximate surface area is 102 Å². The van der Waals surface area contributed by atoms with Crippen LogP contribution in [0, 0.1) is 11.3 Å². The molecule has 0 aromatic heterocycles. The second kappa shape index (κ2) is 4.07. The summed E-state index contributed by atoms with van der Waals surface area (Å²) in [7, 11) is -3.28. The van der Waals surface area contributed by atoms with E-state index in [2.05, 4.69) is 21.2 Å². The zero-order valence-corrected chi connectivity index (χ0v) is 10.7. The number of nitriles is 1. The van der Waals surface area contributed by atoms with Crippen molar-refractivity contribution < 1.29 is 8.42 Å². The van der Waals surface area contributed by atoms with Gasteiger partial charge in [-0.15, -0.1) is 0 Å². The van der Waals surface area contributed by atoms with Gasteiger partial charge in [-0.2, -0.15) is 5.26 Å². The van der Waals surface area contributed by atoms with Gasteiger partial charge < -0.3 is 5.32 Å². The first-order chi connectivity index (χ1) is 7.54. The highest BCUT2D eigenvalue weighted by Crippen LogP contribution is 2.35. The molecule has 0 spiro atoms. The van der Waals surface area contributed by atoms with Crippen LogP contribution in [0.2, 0.25) is 0 Å². The lowest BCUT2D eigenvalue weighted by Gasteiger charge is -2.26. The lowest BCUT2D eigenvalue weighted by Crippen LogP contribution is -2.34. The largest absolute Gasteiger partial charge is 0.378 e. The van der Waals surface area contributed by atoms with E-state index < -0.39 is 9.84 Å². The summed E-state index contributed by atoms with van der Waals surface area (Å²) in [6, 6.07) is 6.69. The second-order valence-electron chi connectivity index (χ2n) is 3.60. The second-order valence-corrected chi connectivity index (χ2v) is 6.45. The zero-order chi connectivity index (χ0) is 11.8. The summed E-state index contributed by atoms with van der Waals surface area (Å²) in [6.45, 7) is 0. The number of hydrogen-bond acceptors (Lipinski definition) is 4. The number of rotatable bonds is 1. The van der Waals surface area contributed by atoms with Gasteiger partial charge in [0.15, 0.2) is 9.84 Å². The summed E-state index contributed by atoms with van der Waals surface area (Å²) in [5.41, 5.74) is 0.564. The molecule has 84 valence electrons. The van der Waals surface area contributed by atoms with E-state index in [1.807, 2.05) is 6.07 Å². The first-order valence-corrected chi connectivity index (χ1v) is 7.14. The van der Waals surface area contributed by atoms with Crippen molar-refractivity contribution in [2.75, 3.05) is 11.1 Å². The number of nitrogens with zero attached hydrogens (tertiary/aromatic N) is 1. The highest BCUT2D eigenvalue weighted by Gasteiger charge is 2.30. The van der Waals surface area contributed by atoms with E-state index in [9.17, 15) is 8.42 Å². The van der Waals surface area contributed by atoms with Gasteiger partial charge in [0, 0.05) is 4.47 Å². The van der Waals surface area contributed by atoms with Crippen molar-refractivity contribution in [3.05, 3.63) is 22.7 Å². The Bertz CT molecular complexity index is 563. The molecular formula is C10H9BrN2O2S. The van der Waals surface area contributed by atoms with Crippen LogP contribution in [0.3, 0.4) is 0 Å². The molecule has 0 fully saturated rings. The van der Waals surface area contributed by atoms with Gasteiger partial charge in [-0.05, 0) is 28.1 Å². The number of anilines is 1. The Morgan fingerprint density at radius 1 is 1.56 bits per heavy atom. The quantitative estimate of drug-likeness (QED) is 0.860. The van der Waals surface area contributed by atoms with E-state index >= 15 is 0 Å². The van der Waals surface area contributed by atoms with Crippen molar-refractivity contribution in [1.82, 2.24) is 0 Å². The molecule has 1 atom stereocenters. The van der Waals surface area contributed by atoms with Crippen molar-refractivity contribution >= 4 is 31.5 Å². The van der Waals surface area contributed by atoms with Crippen LogP contribution >= 0.6 is 15.9 Å². The first kappa shape index (κ1) is 11.4. The molecule has 4 nitrogen and oxygen atoms in total. The summed E-state index contributed by atoms with van der Waals surface area (Å²) in [6.07, 6.45) is 0.181. The van der Waals surface area contributed by atoms with Gasteiger partial charge in [0.25, 0.3) is 0 Å². The van der Waals surface area contributed by atoms with Crippen LogP contribution in [0.1, 0.15) is 6.42 Å². The van der Waals surface area contributed by atoms with E-state index in [1.165, 1.54) is 0 Å². The molecule has 1 aliphatic heterocycles. The van der Waals surface area contributed by atoms with Crippen LogP contribution in [-0.2, 0) is 9.84 Å². The maximum Gasteiger partial charge on any atom is 0.182 e. The minimum Gasteiger partial charge on any atom is -0.378 e. The number of hydrogen-bond donors (Lipinski definition) is 1. The number of fused-ring (bicyclic) bond motifs is 1. The van der Waals surface area contributed by atoms with Crippen molar-refractivity contribution in [1.29, 1.82) is 5.26 Å². The van der Waals surface area contributed by atoms with Crippen LogP contribution in [0.15, 0.2) is 27.6 Å². The predicted octanol–water partition coefficient (Wildman–Crippen LogP) is 1.93. The summed E-state index contributed by atoms with van der Waals surface area (Å²) in [5, 5.41) is 11.7. The Kier molecular flexibility index (Phi) is 2.91. The summed E-state index contributed by atoms with van der Waals surface area (Å²) >= 11 is 3.30. The summed E-state index contributed by atoms with van der Waals surface area (Å²) in [5.74, 6) is -0.0238. The predicted molar refractivity (Wildman–Crippen MR) is 63.8 cm³/mol. The fourth-order valence-electron chi connectivity index (χ4n) is 1.72. The molecule has 1 unspecified atom stereocenters. The molecule has 1 heterocycles. The Morgan fingerprint density at radius 2 is 2.31 bits per heavy atom. The van der Waals surface area contributed by atoms with E-state index in [4.69, 9.17) is 5.26 Å². The van der Waals surface area contributed by atoms with Crippen molar-refractivity contribution in [2.45, 2.75) is 17.4 Å². The normalized spacial score (nSPS) is 21.6. The minimum absolute atomic E-state index is 0.0238. The third-order valence-electron chi connectivity index (χ3n) is 2.42. The molecule has 0 amide bonds. The number of nitrogens with one attached hydrogen (secondary N) is 1. The van der Waals surface area contributed by atoms with Crippen LogP contribution in [0.4, 0.5) is 5.69 Å². The lowest BCUT2D eigenvalue weighted by atomic mass is 10.2. The average molecular weight is 301 g/mol. The van der Waals surface area contributed by atoms with Gasteiger partial charge >= 0.3 is 0 Å². The maximum atomic E-state index is 11.9. The topological polar surface area (TPSA) is 70.0 Å². The van der Waals surface area contributed by atoms with Crippen molar-refractivity contribution in [2.24, 2.45) is 0 Å². The van der Waals surface area contributed by atoms with Crippen molar-refractivity contribution in [3.8, 4) is 6.07 Å². The fraction of sp³-hybridized carbons (Fsp3) is 0.300. The third-order valence-corrected chi connectivity index (χ3v) is 4.93. The van der Waals surface area contributed by atoms with E-state index in [1.54, 1.807) is 18.2 Å². The number of sulfone groups is 1. The Balaban J connectivity index is 2.53. The number of para-hydroxylation sites is 1. The summed E-state index contributed by atoms with van der Waals surface area (Å²) in [4.78, 5) is 0.302. The fourth-order valence-corrected chi connectivity index (χ4v) is 4.01. The van der Waals surface area contributed by atoms with Crippen LogP contribution in [-0.4, -0.2) is 20.2 Å². The van der Waals surface area contributed by atoms with E-state index in [0.29, 0.717) is 15.1 Å². The Hall–Kier alpha value is -1.06. The van der Waals surface area contributed by atoms with Gasteiger partial charge in [0.2, 0.25) is 0 Å². The molecule has 2 rings (SSSR count). The highest BCUT2D eigenvalue weighted by molar-refractivity contribution is 9.10. The van der Waals surface area contributed by atoms with Gasteiger partial charge in [0.1, 0.15) is 0 Å². The molecule has 1 N–H and O–H groups in total. The van der Waals surface area contributed by atoms with E-state index in [0.717, 1.165) is 0 Å². The average Bonchev–Trinajstić information content (AvgIpc) is 2.19. The van der Waals surface area contributed by atoms with Crippen LogP contribution in [0.5, 0.6) is 0 Å².